The number of hydrogen-bond acceptors (Lipinski definition) is 2. The molecule has 1 aliphatic heterocycles. The molecule has 0 saturated carbocycles. The lowest BCUT2D eigenvalue weighted by Gasteiger charge is -1.91. The van der Waals surface area contributed by atoms with Crippen molar-refractivity contribution in [2.24, 2.45) is 5.73 Å². The third-order valence-corrected chi connectivity index (χ3v) is 1.10. The van der Waals surface area contributed by atoms with Crippen LogP contribution in [0.2, 0.25) is 0 Å². The molecule has 0 radical (unpaired) electrons. The number of nitrogens with two attached hydrogens (primary N) is 1. The van der Waals surface area contributed by atoms with Crippen LogP contribution in [0, 0.1) is 0 Å². The Labute approximate surface area is 49.9 Å². The van der Waals surface area contributed by atoms with Gasteiger partial charge in [0.25, 0.3) is 0 Å². The minimum Gasteiger partial charge on any atom is -0.327 e. The van der Waals surface area contributed by atoms with Gasteiger partial charge in [-0.3, -0.25) is 0 Å². The van der Waals surface area contributed by atoms with E-state index >= 15 is 0 Å². The number of rotatable bonds is 0. The lowest BCUT2D eigenvalue weighted by molar-refractivity contribution is 0.742. The third kappa shape index (κ3) is 2.12. The van der Waals surface area contributed by atoms with Crippen molar-refractivity contribution >= 4 is 12.4 Å². The van der Waals surface area contributed by atoms with Crippen molar-refractivity contribution in [3.63, 3.8) is 0 Å². The summed E-state index contributed by atoms with van der Waals surface area (Å²) in [6, 6.07) is 0.435. The standard InChI is InChI=1S/C4H10N2.ClH/c5-4-1-2-6-3-4;/h4,6H,1-3,5H2;1H/t4-;/m0./s1. The maximum atomic E-state index is 5.47. The predicted molar refractivity (Wildman–Crippen MR) is 32.7 cm³/mol. The van der Waals surface area contributed by atoms with Crippen molar-refractivity contribution in [3.8, 4) is 0 Å². The van der Waals surface area contributed by atoms with Gasteiger partial charge in [-0.1, -0.05) is 0 Å². The van der Waals surface area contributed by atoms with Gasteiger partial charge in [0.15, 0.2) is 0 Å². The summed E-state index contributed by atoms with van der Waals surface area (Å²) in [5.41, 5.74) is 5.47. The van der Waals surface area contributed by atoms with E-state index in [-0.39, 0.29) is 12.4 Å². The second-order valence-corrected chi connectivity index (χ2v) is 1.75. The summed E-state index contributed by atoms with van der Waals surface area (Å²) < 4.78 is 0. The summed E-state index contributed by atoms with van der Waals surface area (Å²) >= 11 is 0. The highest BCUT2D eigenvalue weighted by Crippen LogP contribution is 1.90. The predicted octanol–water partition coefficient (Wildman–Crippen LogP) is -0.271. The van der Waals surface area contributed by atoms with Crippen LogP contribution in [0.25, 0.3) is 0 Å². The molecule has 44 valence electrons. The Bertz CT molecular complexity index is 43.0. The summed E-state index contributed by atoms with van der Waals surface area (Å²) in [4.78, 5) is 0. The van der Waals surface area contributed by atoms with Gasteiger partial charge < -0.3 is 11.1 Å². The van der Waals surface area contributed by atoms with Crippen LogP contribution >= 0.6 is 12.4 Å². The van der Waals surface area contributed by atoms with Gasteiger partial charge in [-0.25, -0.2) is 0 Å². The fraction of sp³-hybridized carbons (Fsp3) is 1.00. The Hall–Kier alpha value is 0.210. The first-order chi connectivity index (χ1) is 2.89. The van der Waals surface area contributed by atoms with Gasteiger partial charge in [0.2, 0.25) is 0 Å². The van der Waals surface area contributed by atoms with Crippen LogP contribution in [0.4, 0.5) is 0 Å². The van der Waals surface area contributed by atoms with Gasteiger partial charge in [-0.15, -0.1) is 12.4 Å². The molecule has 0 aliphatic carbocycles. The monoisotopic (exact) mass is 122 g/mol. The maximum Gasteiger partial charge on any atom is 0.0177 e. The highest BCUT2D eigenvalue weighted by Gasteiger charge is 2.06. The molecule has 2 nitrogen and oxygen atoms in total. The van der Waals surface area contributed by atoms with Gasteiger partial charge in [-0.05, 0) is 13.0 Å². The summed E-state index contributed by atoms with van der Waals surface area (Å²) in [6.45, 7) is 2.13. The molecule has 1 atom stereocenters. The van der Waals surface area contributed by atoms with Crippen molar-refractivity contribution in [1.82, 2.24) is 5.32 Å². The van der Waals surface area contributed by atoms with Crippen molar-refractivity contribution in [2.75, 3.05) is 13.1 Å². The average Bonchev–Trinajstić information content (AvgIpc) is 1.86. The summed E-state index contributed by atoms with van der Waals surface area (Å²) in [6.07, 6.45) is 1.15. The Balaban J connectivity index is 0.000000360. The molecule has 1 aliphatic rings. The van der Waals surface area contributed by atoms with Crippen molar-refractivity contribution < 1.29 is 0 Å². The van der Waals surface area contributed by atoms with E-state index in [0.717, 1.165) is 19.5 Å². The number of hydrogen-bond donors (Lipinski definition) is 2. The second kappa shape index (κ2) is 3.24. The molecule has 1 saturated heterocycles. The molecule has 0 spiro atoms. The van der Waals surface area contributed by atoms with E-state index in [4.69, 9.17) is 5.73 Å². The van der Waals surface area contributed by atoms with Crippen LogP contribution in [0.15, 0.2) is 0 Å². The molecule has 0 bridgehead atoms. The van der Waals surface area contributed by atoms with E-state index in [0.29, 0.717) is 6.04 Å². The van der Waals surface area contributed by atoms with Crippen molar-refractivity contribution in [3.05, 3.63) is 0 Å². The SMILES string of the molecule is Cl.N[C@H]1CCNC1. The quantitative estimate of drug-likeness (QED) is 0.464. The lowest BCUT2D eigenvalue weighted by Crippen LogP contribution is -2.21. The fourth-order valence-electron chi connectivity index (χ4n) is 0.677. The van der Waals surface area contributed by atoms with Gasteiger partial charge in [0, 0.05) is 12.6 Å². The number of halogens is 1. The van der Waals surface area contributed by atoms with Crippen LogP contribution in [0.3, 0.4) is 0 Å². The highest BCUT2D eigenvalue weighted by molar-refractivity contribution is 5.85. The van der Waals surface area contributed by atoms with Gasteiger partial charge in [0.05, 0.1) is 0 Å². The third-order valence-electron chi connectivity index (χ3n) is 1.10. The van der Waals surface area contributed by atoms with E-state index in [1.807, 2.05) is 0 Å². The molecule has 7 heavy (non-hydrogen) atoms. The topological polar surface area (TPSA) is 38.0 Å². The largest absolute Gasteiger partial charge is 0.327 e. The molecule has 0 aromatic carbocycles. The zero-order chi connectivity index (χ0) is 4.41. The van der Waals surface area contributed by atoms with Gasteiger partial charge in [0.1, 0.15) is 0 Å². The Morgan fingerprint density at radius 3 is 2.43 bits per heavy atom. The van der Waals surface area contributed by atoms with Crippen LogP contribution < -0.4 is 11.1 Å². The first-order valence-corrected chi connectivity index (χ1v) is 2.36. The van der Waals surface area contributed by atoms with E-state index < -0.39 is 0 Å². The van der Waals surface area contributed by atoms with E-state index in [1.165, 1.54) is 0 Å². The highest BCUT2D eigenvalue weighted by atomic mass is 35.5. The van der Waals surface area contributed by atoms with Gasteiger partial charge in [-0.2, -0.15) is 0 Å². The minimum atomic E-state index is 0. The molecular formula is C4H11ClN2. The van der Waals surface area contributed by atoms with E-state index in [9.17, 15) is 0 Å². The molecule has 3 heteroatoms. The molecule has 1 heterocycles. The smallest absolute Gasteiger partial charge is 0.0177 e. The van der Waals surface area contributed by atoms with Crippen LogP contribution in [0.5, 0.6) is 0 Å². The van der Waals surface area contributed by atoms with Crippen LogP contribution in [-0.4, -0.2) is 19.1 Å². The fourth-order valence-corrected chi connectivity index (χ4v) is 0.677. The molecule has 0 aromatic heterocycles. The van der Waals surface area contributed by atoms with Crippen LogP contribution in [-0.2, 0) is 0 Å². The van der Waals surface area contributed by atoms with E-state index in [1.54, 1.807) is 0 Å². The summed E-state index contributed by atoms with van der Waals surface area (Å²) in [5, 5.41) is 3.15. The molecule has 0 unspecified atom stereocenters. The lowest BCUT2D eigenvalue weighted by atomic mass is 10.3. The number of nitrogens with one attached hydrogen (secondary N) is 1. The van der Waals surface area contributed by atoms with Gasteiger partial charge >= 0.3 is 0 Å². The Morgan fingerprint density at radius 2 is 2.29 bits per heavy atom. The Morgan fingerprint density at radius 1 is 1.57 bits per heavy atom. The normalized spacial score (nSPS) is 29.6. The summed E-state index contributed by atoms with van der Waals surface area (Å²) in [5.74, 6) is 0. The second-order valence-electron chi connectivity index (χ2n) is 1.75. The van der Waals surface area contributed by atoms with Crippen LogP contribution in [0.1, 0.15) is 6.42 Å². The zero-order valence-corrected chi connectivity index (χ0v) is 5.00. The molecular weight excluding hydrogens is 112 g/mol. The molecule has 3 N–H and O–H groups in total. The molecule has 0 aromatic rings. The van der Waals surface area contributed by atoms with Crippen molar-refractivity contribution in [2.45, 2.75) is 12.5 Å². The molecule has 1 rings (SSSR count). The zero-order valence-electron chi connectivity index (χ0n) is 4.18. The van der Waals surface area contributed by atoms with E-state index in [2.05, 4.69) is 5.32 Å². The first kappa shape index (κ1) is 7.21. The molecule has 0 amide bonds. The summed E-state index contributed by atoms with van der Waals surface area (Å²) in [7, 11) is 0. The maximum absolute atomic E-state index is 5.47. The minimum absolute atomic E-state index is 0. The Kier molecular flexibility index (Phi) is 3.34. The van der Waals surface area contributed by atoms with Crippen molar-refractivity contribution in [1.29, 1.82) is 0 Å². The molecule has 1 fully saturated rings. The first-order valence-electron chi connectivity index (χ1n) is 2.36. The average molecular weight is 123 g/mol.